The Hall–Kier alpha value is -2.00. The molecule has 0 saturated carbocycles. The predicted octanol–water partition coefficient (Wildman–Crippen LogP) is 3.20. The summed E-state index contributed by atoms with van der Waals surface area (Å²) in [6, 6.07) is 17.1. The molecule has 0 radical (unpaired) electrons. The molecule has 1 fully saturated rings. The van der Waals surface area contributed by atoms with E-state index in [1.807, 2.05) is 12.1 Å². The number of benzene rings is 2. The summed E-state index contributed by atoms with van der Waals surface area (Å²) in [5, 5.41) is 0. The van der Waals surface area contributed by atoms with Gasteiger partial charge in [-0.05, 0) is 42.2 Å². The summed E-state index contributed by atoms with van der Waals surface area (Å²) in [7, 11) is 0. The van der Waals surface area contributed by atoms with Crippen LogP contribution in [-0.2, 0) is 12.8 Å². The predicted molar refractivity (Wildman–Crippen MR) is 99.0 cm³/mol. The summed E-state index contributed by atoms with van der Waals surface area (Å²) >= 11 is 0. The van der Waals surface area contributed by atoms with Crippen molar-refractivity contribution in [1.29, 1.82) is 0 Å². The molecule has 0 atom stereocenters. The molecule has 1 saturated heterocycles. The van der Waals surface area contributed by atoms with Gasteiger partial charge in [0, 0.05) is 44.1 Å². The molecule has 1 aliphatic heterocycles. The normalized spacial score (nSPS) is 15.8. The van der Waals surface area contributed by atoms with E-state index in [2.05, 4.69) is 53.1 Å². The van der Waals surface area contributed by atoms with E-state index in [1.165, 1.54) is 16.8 Å². The molecular weight excluding hydrogens is 282 g/mol. The molecule has 122 valence electrons. The number of hydrogen-bond donors (Lipinski definition) is 1. The second-order valence-corrected chi connectivity index (χ2v) is 6.30. The smallest absolute Gasteiger partial charge is 0.0399 e. The SMILES string of the molecule is CCc1ccccc1N1CCN(CCc2ccc(N)cc2)CC1. The first kappa shape index (κ1) is 15.9. The number of piperazine rings is 1. The first-order chi connectivity index (χ1) is 11.3. The third-order valence-electron chi connectivity index (χ3n) is 4.78. The highest BCUT2D eigenvalue weighted by molar-refractivity contribution is 5.54. The molecule has 23 heavy (non-hydrogen) atoms. The molecule has 0 aliphatic carbocycles. The van der Waals surface area contributed by atoms with Gasteiger partial charge >= 0.3 is 0 Å². The minimum atomic E-state index is 0.844. The van der Waals surface area contributed by atoms with Gasteiger partial charge in [-0.1, -0.05) is 37.3 Å². The van der Waals surface area contributed by atoms with Crippen LogP contribution in [0.25, 0.3) is 0 Å². The topological polar surface area (TPSA) is 32.5 Å². The van der Waals surface area contributed by atoms with E-state index in [-0.39, 0.29) is 0 Å². The standard InChI is InChI=1S/C20H27N3/c1-2-18-5-3-4-6-20(18)23-15-13-22(14-16-23)12-11-17-7-9-19(21)10-8-17/h3-10H,2,11-16,21H2,1H3. The van der Waals surface area contributed by atoms with E-state index in [0.717, 1.165) is 51.3 Å². The lowest BCUT2D eigenvalue weighted by Gasteiger charge is -2.37. The Morgan fingerprint density at radius 3 is 2.30 bits per heavy atom. The molecule has 0 amide bonds. The van der Waals surface area contributed by atoms with Crippen LogP contribution < -0.4 is 10.6 Å². The third-order valence-corrected chi connectivity index (χ3v) is 4.78. The van der Waals surface area contributed by atoms with Gasteiger partial charge in [0.05, 0.1) is 0 Å². The summed E-state index contributed by atoms with van der Waals surface area (Å²) in [5.41, 5.74) is 10.8. The zero-order valence-electron chi connectivity index (χ0n) is 14.0. The van der Waals surface area contributed by atoms with Gasteiger partial charge in [-0.2, -0.15) is 0 Å². The summed E-state index contributed by atoms with van der Waals surface area (Å²) in [4.78, 5) is 5.11. The van der Waals surface area contributed by atoms with Crippen LogP contribution in [0.5, 0.6) is 0 Å². The zero-order chi connectivity index (χ0) is 16.1. The van der Waals surface area contributed by atoms with Gasteiger partial charge in [0.1, 0.15) is 0 Å². The Labute approximate surface area is 139 Å². The Bertz CT molecular complexity index is 613. The van der Waals surface area contributed by atoms with Crippen molar-refractivity contribution < 1.29 is 0 Å². The van der Waals surface area contributed by atoms with Gasteiger partial charge in [-0.15, -0.1) is 0 Å². The lowest BCUT2D eigenvalue weighted by atomic mass is 10.1. The third kappa shape index (κ3) is 4.05. The molecule has 0 aromatic heterocycles. The van der Waals surface area contributed by atoms with E-state index in [0.29, 0.717) is 0 Å². The maximum Gasteiger partial charge on any atom is 0.0399 e. The van der Waals surface area contributed by atoms with Crippen LogP contribution in [0.2, 0.25) is 0 Å². The van der Waals surface area contributed by atoms with Gasteiger partial charge in [0.15, 0.2) is 0 Å². The molecule has 0 spiro atoms. The van der Waals surface area contributed by atoms with Gasteiger partial charge < -0.3 is 10.6 Å². The van der Waals surface area contributed by atoms with E-state index in [4.69, 9.17) is 5.73 Å². The van der Waals surface area contributed by atoms with Crippen molar-refractivity contribution in [2.24, 2.45) is 0 Å². The van der Waals surface area contributed by atoms with Crippen molar-refractivity contribution in [3.05, 3.63) is 59.7 Å². The van der Waals surface area contributed by atoms with E-state index in [9.17, 15) is 0 Å². The number of rotatable bonds is 5. The van der Waals surface area contributed by atoms with Crippen LogP contribution in [0.4, 0.5) is 11.4 Å². The maximum atomic E-state index is 5.74. The van der Waals surface area contributed by atoms with Crippen LogP contribution >= 0.6 is 0 Å². The van der Waals surface area contributed by atoms with Crippen LogP contribution in [-0.4, -0.2) is 37.6 Å². The molecule has 1 aliphatic rings. The average Bonchev–Trinajstić information content (AvgIpc) is 2.62. The lowest BCUT2D eigenvalue weighted by Crippen LogP contribution is -2.47. The van der Waals surface area contributed by atoms with E-state index in [1.54, 1.807) is 0 Å². The first-order valence-corrected chi connectivity index (χ1v) is 8.66. The molecule has 3 nitrogen and oxygen atoms in total. The highest BCUT2D eigenvalue weighted by atomic mass is 15.3. The van der Waals surface area contributed by atoms with Crippen LogP contribution in [0.3, 0.4) is 0 Å². The Kier molecular flexibility index (Phi) is 5.19. The summed E-state index contributed by atoms with van der Waals surface area (Å²) < 4.78 is 0. The number of hydrogen-bond acceptors (Lipinski definition) is 3. The number of nitrogen functional groups attached to an aromatic ring is 1. The molecule has 2 N–H and O–H groups in total. The fourth-order valence-corrected chi connectivity index (χ4v) is 3.30. The van der Waals surface area contributed by atoms with Gasteiger partial charge in [-0.3, -0.25) is 4.90 Å². The maximum absolute atomic E-state index is 5.74. The van der Waals surface area contributed by atoms with Crippen molar-refractivity contribution in [2.75, 3.05) is 43.4 Å². The van der Waals surface area contributed by atoms with Crippen LogP contribution in [0.1, 0.15) is 18.1 Å². The fourth-order valence-electron chi connectivity index (χ4n) is 3.30. The molecule has 2 aromatic carbocycles. The Balaban J connectivity index is 1.51. The van der Waals surface area contributed by atoms with Crippen molar-refractivity contribution in [3.8, 4) is 0 Å². The summed E-state index contributed by atoms with van der Waals surface area (Å²) in [6.45, 7) is 7.91. The molecule has 0 unspecified atom stereocenters. The highest BCUT2D eigenvalue weighted by Crippen LogP contribution is 2.22. The first-order valence-electron chi connectivity index (χ1n) is 8.66. The molecule has 0 bridgehead atoms. The van der Waals surface area contributed by atoms with Crippen LogP contribution in [0.15, 0.2) is 48.5 Å². The lowest BCUT2D eigenvalue weighted by molar-refractivity contribution is 0.261. The average molecular weight is 309 g/mol. The number of nitrogens with zero attached hydrogens (tertiary/aromatic N) is 2. The molecule has 3 rings (SSSR count). The van der Waals surface area contributed by atoms with Crippen molar-refractivity contribution >= 4 is 11.4 Å². The van der Waals surface area contributed by atoms with E-state index < -0.39 is 0 Å². The van der Waals surface area contributed by atoms with Gasteiger partial charge in [-0.25, -0.2) is 0 Å². The van der Waals surface area contributed by atoms with Crippen molar-refractivity contribution in [1.82, 2.24) is 4.90 Å². The number of anilines is 2. The van der Waals surface area contributed by atoms with Gasteiger partial charge in [0.25, 0.3) is 0 Å². The molecular formula is C20H27N3. The minimum absolute atomic E-state index is 0.844. The quantitative estimate of drug-likeness (QED) is 0.861. The fraction of sp³-hybridized carbons (Fsp3) is 0.400. The molecule has 1 heterocycles. The van der Waals surface area contributed by atoms with Gasteiger partial charge in [0.2, 0.25) is 0 Å². The molecule has 2 aromatic rings. The van der Waals surface area contributed by atoms with E-state index >= 15 is 0 Å². The van der Waals surface area contributed by atoms with Crippen LogP contribution in [0, 0.1) is 0 Å². The number of aryl methyl sites for hydroxylation is 1. The Morgan fingerprint density at radius 1 is 0.913 bits per heavy atom. The summed E-state index contributed by atoms with van der Waals surface area (Å²) in [6.07, 6.45) is 2.21. The van der Waals surface area contributed by atoms with Crippen molar-refractivity contribution in [2.45, 2.75) is 19.8 Å². The Morgan fingerprint density at radius 2 is 1.61 bits per heavy atom. The molecule has 3 heteroatoms. The highest BCUT2D eigenvalue weighted by Gasteiger charge is 2.18. The monoisotopic (exact) mass is 309 g/mol. The minimum Gasteiger partial charge on any atom is -0.399 e. The van der Waals surface area contributed by atoms with Crippen molar-refractivity contribution in [3.63, 3.8) is 0 Å². The summed E-state index contributed by atoms with van der Waals surface area (Å²) in [5.74, 6) is 0. The second-order valence-electron chi connectivity index (χ2n) is 6.30. The largest absolute Gasteiger partial charge is 0.399 e. The zero-order valence-corrected chi connectivity index (χ0v) is 14.0. The number of para-hydroxylation sites is 1. The second kappa shape index (κ2) is 7.51. The number of nitrogens with two attached hydrogens (primary N) is 1.